The first kappa shape index (κ1) is 22.6. The zero-order valence-electron chi connectivity index (χ0n) is 15.2. The number of hydrogen-bond donors (Lipinski definition) is 1. The van der Waals surface area contributed by atoms with Crippen LogP contribution in [0.5, 0.6) is 5.88 Å². The molecule has 0 radical (unpaired) electrons. The summed E-state index contributed by atoms with van der Waals surface area (Å²) >= 11 is 3.06. The van der Waals surface area contributed by atoms with E-state index in [1.54, 1.807) is 6.07 Å². The van der Waals surface area contributed by atoms with Gasteiger partial charge in [-0.15, -0.1) is 0 Å². The Kier molecular flexibility index (Phi) is 7.84. The van der Waals surface area contributed by atoms with E-state index >= 15 is 0 Å². The first-order valence-corrected chi connectivity index (χ1v) is 10.5. The van der Waals surface area contributed by atoms with Gasteiger partial charge in [-0.05, 0) is 54.6 Å². The third kappa shape index (κ3) is 6.45. The summed E-state index contributed by atoms with van der Waals surface area (Å²) in [5.74, 6) is -0.342. The van der Waals surface area contributed by atoms with Crippen LogP contribution in [0.3, 0.4) is 0 Å². The Hall–Kier alpha value is -1.66. The highest BCUT2D eigenvalue weighted by atomic mass is 79.9. The Bertz CT molecular complexity index is 883. The van der Waals surface area contributed by atoms with E-state index in [4.69, 9.17) is 4.74 Å². The smallest absolute Gasteiger partial charge is 0.404 e. The van der Waals surface area contributed by atoms with Crippen molar-refractivity contribution in [3.63, 3.8) is 0 Å². The van der Waals surface area contributed by atoms with E-state index in [1.165, 1.54) is 35.3 Å². The molecule has 11 heteroatoms. The molecule has 0 spiro atoms. The van der Waals surface area contributed by atoms with Crippen molar-refractivity contribution in [2.75, 3.05) is 27.2 Å². The molecule has 0 saturated heterocycles. The van der Waals surface area contributed by atoms with E-state index in [2.05, 4.69) is 25.8 Å². The van der Waals surface area contributed by atoms with Gasteiger partial charge in [-0.2, -0.15) is 8.78 Å². The highest BCUT2D eigenvalue weighted by Gasteiger charge is 2.40. The molecule has 1 heterocycles. The summed E-state index contributed by atoms with van der Waals surface area (Å²) in [7, 11) is -0.527. The Morgan fingerprint density at radius 1 is 1.25 bits per heavy atom. The summed E-state index contributed by atoms with van der Waals surface area (Å²) < 4.78 is 59.0. The molecule has 1 N–H and O–H groups in total. The number of benzene rings is 1. The molecular formula is C17H20BrF2N3O4S. The van der Waals surface area contributed by atoms with Gasteiger partial charge >= 0.3 is 6.11 Å². The molecule has 0 atom stereocenters. The van der Waals surface area contributed by atoms with Gasteiger partial charge in [-0.25, -0.2) is 18.2 Å². The lowest BCUT2D eigenvalue weighted by Crippen LogP contribution is -2.33. The van der Waals surface area contributed by atoms with Crippen molar-refractivity contribution < 1.29 is 26.8 Å². The summed E-state index contributed by atoms with van der Waals surface area (Å²) in [6.07, 6.45) is -2.12. The largest absolute Gasteiger partial charge is 0.477 e. The number of hydrogen-bond acceptors (Lipinski definition) is 6. The Labute approximate surface area is 170 Å². The van der Waals surface area contributed by atoms with Crippen molar-refractivity contribution in [1.29, 1.82) is 0 Å². The second kappa shape index (κ2) is 9.70. The van der Waals surface area contributed by atoms with Crippen LogP contribution >= 0.6 is 15.9 Å². The van der Waals surface area contributed by atoms with Crippen molar-refractivity contribution in [1.82, 2.24) is 14.8 Å². The summed E-state index contributed by atoms with van der Waals surface area (Å²) in [6.45, 7) is 0.862. The van der Waals surface area contributed by atoms with Crippen molar-refractivity contribution in [3.05, 3.63) is 52.6 Å². The molecular weight excluding hydrogens is 460 g/mol. The number of halogens is 3. The van der Waals surface area contributed by atoms with Crippen LogP contribution in [0.2, 0.25) is 0 Å². The van der Waals surface area contributed by atoms with E-state index in [9.17, 15) is 17.2 Å². The Morgan fingerprint density at radius 3 is 2.57 bits per heavy atom. The zero-order chi connectivity index (χ0) is 20.8. The Morgan fingerprint density at radius 2 is 1.93 bits per heavy atom. The minimum Gasteiger partial charge on any atom is -0.477 e. The van der Waals surface area contributed by atoms with Crippen molar-refractivity contribution in [2.24, 2.45) is 0 Å². The SMILES string of the molecule is CN(C)CCCOc1ncc(Br)cc1C(F)(F)ONS(=O)(=O)c1ccccc1. The fourth-order valence-corrected chi connectivity index (χ4v) is 3.27. The third-order valence-corrected chi connectivity index (χ3v) is 5.08. The molecule has 1 aromatic carbocycles. The molecule has 154 valence electrons. The molecule has 0 aliphatic heterocycles. The van der Waals surface area contributed by atoms with Gasteiger partial charge in [0.15, 0.2) is 0 Å². The van der Waals surface area contributed by atoms with Gasteiger partial charge in [0, 0.05) is 17.2 Å². The Balaban J connectivity index is 2.14. The van der Waals surface area contributed by atoms with E-state index in [1.807, 2.05) is 19.0 Å². The first-order valence-electron chi connectivity index (χ1n) is 8.18. The molecule has 28 heavy (non-hydrogen) atoms. The van der Waals surface area contributed by atoms with Gasteiger partial charge in [0.2, 0.25) is 5.88 Å². The summed E-state index contributed by atoms with van der Waals surface area (Å²) in [5.41, 5.74) is -0.706. The topological polar surface area (TPSA) is 80.8 Å². The molecule has 7 nitrogen and oxygen atoms in total. The number of sulfonamides is 1. The normalized spacial score (nSPS) is 12.4. The van der Waals surface area contributed by atoms with Gasteiger partial charge in [0.25, 0.3) is 10.0 Å². The van der Waals surface area contributed by atoms with Crippen LogP contribution in [0.15, 0.2) is 52.0 Å². The number of rotatable bonds is 10. The van der Waals surface area contributed by atoms with E-state index < -0.39 is 21.7 Å². The second-order valence-electron chi connectivity index (χ2n) is 6.03. The maximum absolute atomic E-state index is 14.6. The van der Waals surface area contributed by atoms with Crippen molar-refractivity contribution in [2.45, 2.75) is 17.4 Å². The maximum Gasteiger partial charge on any atom is 0.404 e. The summed E-state index contributed by atoms with van der Waals surface area (Å²) in [4.78, 5) is 11.3. The quantitative estimate of drug-likeness (QED) is 0.416. The van der Waals surface area contributed by atoms with Crippen LogP contribution < -0.4 is 9.62 Å². The predicted octanol–water partition coefficient (Wildman–Crippen LogP) is 3.13. The van der Waals surface area contributed by atoms with E-state index in [0.717, 1.165) is 6.07 Å². The average Bonchev–Trinajstić information content (AvgIpc) is 2.65. The fourth-order valence-electron chi connectivity index (χ4n) is 2.11. The van der Waals surface area contributed by atoms with E-state index in [-0.39, 0.29) is 21.9 Å². The minimum atomic E-state index is -4.29. The van der Waals surface area contributed by atoms with Crippen LogP contribution in [0.25, 0.3) is 0 Å². The number of ether oxygens (including phenoxy) is 1. The van der Waals surface area contributed by atoms with Gasteiger partial charge in [-0.3, -0.25) is 0 Å². The molecule has 0 unspecified atom stereocenters. The highest BCUT2D eigenvalue weighted by Crippen LogP contribution is 2.36. The lowest BCUT2D eigenvalue weighted by atomic mass is 10.2. The van der Waals surface area contributed by atoms with Crippen LogP contribution in [0, 0.1) is 0 Å². The van der Waals surface area contributed by atoms with Gasteiger partial charge in [0.1, 0.15) is 5.56 Å². The molecule has 1 aromatic heterocycles. The van der Waals surface area contributed by atoms with Crippen molar-refractivity contribution >= 4 is 26.0 Å². The molecule has 2 aromatic rings. The van der Waals surface area contributed by atoms with Gasteiger partial charge in [0.05, 0.1) is 11.5 Å². The lowest BCUT2D eigenvalue weighted by molar-refractivity contribution is -0.267. The lowest BCUT2D eigenvalue weighted by Gasteiger charge is -2.20. The van der Waals surface area contributed by atoms with Crippen LogP contribution in [0.4, 0.5) is 8.78 Å². The first-order chi connectivity index (χ1) is 13.1. The number of nitrogens with one attached hydrogen (secondary N) is 1. The van der Waals surface area contributed by atoms with Crippen LogP contribution in [-0.2, 0) is 21.0 Å². The van der Waals surface area contributed by atoms with Crippen molar-refractivity contribution in [3.8, 4) is 5.88 Å². The van der Waals surface area contributed by atoms with Gasteiger partial charge in [-0.1, -0.05) is 23.1 Å². The number of pyridine rings is 1. The summed E-state index contributed by atoms with van der Waals surface area (Å²) in [6, 6.07) is 8.09. The van der Waals surface area contributed by atoms with E-state index in [0.29, 0.717) is 13.0 Å². The molecule has 2 rings (SSSR count). The monoisotopic (exact) mass is 479 g/mol. The molecule has 0 aliphatic carbocycles. The van der Waals surface area contributed by atoms with Crippen LogP contribution in [0.1, 0.15) is 12.0 Å². The minimum absolute atomic E-state index is 0.158. The second-order valence-corrected chi connectivity index (χ2v) is 8.59. The third-order valence-electron chi connectivity index (χ3n) is 3.45. The molecule has 0 bridgehead atoms. The number of aromatic nitrogens is 1. The average molecular weight is 480 g/mol. The molecule has 0 aliphatic rings. The standard InChI is InChI=1S/C17H20BrF2N3O4S/c1-23(2)9-6-10-26-16-15(11-13(18)12-21-16)17(19,20)27-22-28(24,25)14-7-4-3-5-8-14/h3-5,7-8,11-12,22H,6,9-10H2,1-2H3. The van der Waals surface area contributed by atoms with Gasteiger partial charge < -0.3 is 9.64 Å². The maximum atomic E-state index is 14.6. The molecule has 0 saturated carbocycles. The number of nitrogens with zero attached hydrogens (tertiary/aromatic N) is 2. The molecule has 0 amide bonds. The zero-order valence-corrected chi connectivity index (χ0v) is 17.6. The highest BCUT2D eigenvalue weighted by molar-refractivity contribution is 9.10. The number of alkyl halides is 2. The van der Waals surface area contributed by atoms with Crippen LogP contribution in [-0.4, -0.2) is 45.5 Å². The molecule has 0 fully saturated rings. The summed E-state index contributed by atoms with van der Waals surface area (Å²) in [5, 5.41) is 0. The predicted molar refractivity (Wildman–Crippen MR) is 102 cm³/mol. The fraction of sp³-hybridized carbons (Fsp3) is 0.353.